The number of pyridine rings is 1. The highest BCUT2D eigenvalue weighted by molar-refractivity contribution is 7.89. The lowest BCUT2D eigenvalue weighted by Gasteiger charge is -2.08. The first kappa shape index (κ1) is 18.1. The van der Waals surface area contributed by atoms with Gasteiger partial charge in [-0.05, 0) is 37.3 Å². The molecule has 0 unspecified atom stereocenters. The second-order valence-electron chi connectivity index (χ2n) is 5.29. The molecule has 0 fully saturated rings. The molecule has 2 N–H and O–H groups in total. The van der Waals surface area contributed by atoms with E-state index in [0.29, 0.717) is 23.8 Å². The van der Waals surface area contributed by atoms with E-state index < -0.39 is 15.8 Å². The summed E-state index contributed by atoms with van der Waals surface area (Å²) in [6, 6.07) is 6.65. The van der Waals surface area contributed by atoms with Gasteiger partial charge in [-0.15, -0.1) is 5.10 Å². The molecular formula is C16H16FN5O3S. The van der Waals surface area contributed by atoms with Crippen molar-refractivity contribution >= 4 is 10.0 Å². The van der Waals surface area contributed by atoms with Crippen LogP contribution >= 0.6 is 0 Å². The molecule has 1 aromatic carbocycles. The maximum Gasteiger partial charge on any atom is 0.238 e. The first-order valence-corrected chi connectivity index (χ1v) is 9.21. The third-order valence-corrected chi connectivity index (χ3v) is 4.43. The van der Waals surface area contributed by atoms with E-state index in [2.05, 4.69) is 15.1 Å². The Balaban J connectivity index is 2.16. The van der Waals surface area contributed by atoms with Gasteiger partial charge in [-0.1, -0.05) is 0 Å². The molecule has 10 heteroatoms. The molecule has 3 rings (SSSR count). The summed E-state index contributed by atoms with van der Waals surface area (Å²) < 4.78 is 44.1. The third-order valence-electron chi connectivity index (χ3n) is 3.52. The largest absolute Gasteiger partial charge is 0.374 e. The Kier molecular flexibility index (Phi) is 5.07. The fourth-order valence-corrected chi connectivity index (χ4v) is 2.81. The zero-order chi connectivity index (χ0) is 18.7. The van der Waals surface area contributed by atoms with Crippen molar-refractivity contribution in [2.45, 2.75) is 18.4 Å². The minimum atomic E-state index is -3.99. The molecule has 136 valence electrons. The van der Waals surface area contributed by atoms with Crippen LogP contribution in [0.1, 0.15) is 12.7 Å². The molecule has 0 aliphatic heterocycles. The van der Waals surface area contributed by atoms with Crippen LogP contribution in [-0.4, -0.2) is 34.8 Å². The lowest BCUT2D eigenvalue weighted by molar-refractivity contribution is 0.126. The van der Waals surface area contributed by atoms with Gasteiger partial charge in [0.05, 0.1) is 4.90 Å². The average molecular weight is 377 g/mol. The summed E-state index contributed by atoms with van der Waals surface area (Å²) in [6.45, 7) is 2.32. The van der Waals surface area contributed by atoms with Crippen molar-refractivity contribution in [1.29, 1.82) is 0 Å². The van der Waals surface area contributed by atoms with Gasteiger partial charge in [-0.25, -0.2) is 27.6 Å². The van der Waals surface area contributed by atoms with E-state index in [1.807, 2.05) is 6.92 Å². The van der Waals surface area contributed by atoms with Crippen LogP contribution < -0.4 is 5.14 Å². The highest BCUT2D eigenvalue weighted by Gasteiger charge is 2.19. The molecule has 0 bridgehead atoms. The number of hydrogen-bond donors (Lipinski definition) is 1. The van der Waals surface area contributed by atoms with E-state index in [4.69, 9.17) is 9.88 Å². The number of aromatic nitrogens is 4. The van der Waals surface area contributed by atoms with Gasteiger partial charge in [0.1, 0.15) is 18.1 Å². The SMILES string of the molecule is CCOCc1nc(-c2ccncc2)nn1-c1cc(S(N)(=O)=O)ccc1F. The minimum Gasteiger partial charge on any atom is -0.374 e. The summed E-state index contributed by atoms with van der Waals surface area (Å²) in [5, 5.41) is 9.45. The summed E-state index contributed by atoms with van der Waals surface area (Å²) in [5.74, 6) is -0.00651. The Bertz CT molecular complexity index is 1020. The molecule has 0 atom stereocenters. The topological polar surface area (TPSA) is 113 Å². The molecule has 3 aromatic rings. The summed E-state index contributed by atoms with van der Waals surface area (Å²) >= 11 is 0. The van der Waals surface area contributed by atoms with Crippen LogP contribution in [0.15, 0.2) is 47.6 Å². The van der Waals surface area contributed by atoms with Gasteiger partial charge in [-0.3, -0.25) is 4.98 Å². The number of nitrogens with two attached hydrogens (primary N) is 1. The van der Waals surface area contributed by atoms with Crippen LogP contribution in [0.25, 0.3) is 17.1 Å². The van der Waals surface area contributed by atoms with Crippen molar-refractivity contribution in [2.24, 2.45) is 5.14 Å². The zero-order valence-electron chi connectivity index (χ0n) is 13.8. The van der Waals surface area contributed by atoms with Crippen molar-refractivity contribution < 1.29 is 17.5 Å². The van der Waals surface area contributed by atoms with Gasteiger partial charge in [0, 0.05) is 24.6 Å². The van der Waals surface area contributed by atoms with Crippen molar-refractivity contribution in [3.05, 3.63) is 54.4 Å². The highest BCUT2D eigenvalue weighted by Crippen LogP contribution is 2.22. The molecule has 26 heavy (non-hydrogen) atoms. The van der Waals surface area contributed by atoms with Gasteiger partial charge in [-0.2, -0.15) is 0 Å². The first-order valence-electron chi connectivity index (χ1n) is 7.67. The van der Waals surface area contributed by atoms with E-state index in [1.54, 1.807) is 24.5 Å². The van der Waals surface area contributed by atoms with Crippen LogP contribution in [0.5, 0.6) is 0 Å². The molecule has 0 saturated carbocycles. The number of rotatable bonds is 6. The van der Waals surface area contributed by atoms with Crippen LogP contribution in [0.3, 0.4) is 0 Å². The van der Waals surface area contributed by atoms with E-state index >= 15 is 0 Å². The number of nitrogens with zero attached hydrogens (tertiary/aromatic N) is 4. The Morgan fingerprint density at radius 3 is 2.62 bits per heavy atom. The van der Waals surface area contributed by atoms with Gasteiger partial charge in [0.2, 0.25) is 10.0 Å². The second-order valence-corrected chi connectivity index (χ2v) is 6.86. The number of benzene rings is 1. The number of hydrogen-bond acceptors (Lipinski definition) is 6. The second kappa shape index (κ2) is 7.28. The molecule has 0 aliphatic rings. The maximum absolute atomic E-state index is 14.4. The maximum atomic E-state index is 14.4. The van der Waals surface area contributed by atoms with E-state index in [9.17, 15) is 12.8 Å². The molecular weight excluding hydrogens is 361 g/mol. The molecule has 0 radical (unpaired) electrons. The number of halogens is 1. The highest BCUT2D eigenvalue weighted by atomic mass is 32.2. The standard InChI is InChI=1S/C16H16FN5O3S/c1-2-25-10-15-20-16(11-5-7-19-8-6-11)21-22(15)14-9-12(26(18,23)24)3-4-13(14)17/h3-9H,2,10H2,1H3,(H2,18,23,24). The Hall–Kier alpha value is -2.69. The molecule has 0 aliphatic carbocycles. The fourth-order valence-electron chi connectivity index (χ4n) is 2.28. The van der Waals surface area contributed by atoms with Crippen LogP contribution in [0, 0.1) is 5.82 Å². The van der Waals surface area contributed by atoms with Crippen LogP contribution in [0.4, 0.5) is 4.39 Å². The summed E-state index contributed by atoms with van der Waals surface area (Å²) in [5.41, 5.74) is 0.596. The Morgan fingerprint density at radius 2 is 1.96 bits per heavy atom. The number of sulfonamides is 1. The minimum absolute atomic E-state index is 0.0770. The van der Waals surface area contributed by atoms with Gasteiger partial charge in [0.15, 0.2) is 11.6 Å². The van der Waals surface area contributed by atoms with Crippen molar-refractivity contribution in [2.75, 3.05) is 6.61 Å². The summed E-state index contributed by atoms with van der Waals surface area (Å²) in [6.07, 6.45) is 3.17. The lowest BCUT2D eigenvalue weighted by Crippen LogP contribution is -2.14. The molecule has 2 aromatic heterocycles. The zero-order valence-corrected chi connectivity index (χ0v) is 14.6. The van der Waals surface area contributed by atoms with E-state index in [1.165, 1.54) is 4.68 Å². The molecule has 0 amide bonds. The number of ether oxygens (including phenoxy) is 1. The van der Waals surface area contributed by atoms with E-state index in [0.717, 1.165) is 18.2 Å². The summed E-state index contributed by atoms with van der Waals surface area (Å²) in [7, 11) is -3.99. The van der Waals surface area contributed by atoms with Gasteiger partial charge >= 0.3 is 0 Å². The normalized spacial score (nSPS) is 11.7. The Morgan fingerprint density at radius 1 is 1.23 bits per heavy atom. The molecule has 0 spiro atoms. The molecule has 8 nitrogen and oxygen atoms in total. The first-order chi connectivity index (χ1) is 12.4. The fraction of sp³-hybridized carbons (Fsp3) is 0.188. The quantitative estimate of drug-likeness (QED) is 0.699. The van der Waals surface area contributed by atoms with Crippen LogP contribution in [-0.2, 0) is 21.4 Å². The predicted molar refractivity (Wildman–Crippen MR) is 91.3 cm³/mol. The van der Waals surface area contributed by atoms with Crippen molar-refractivity contribution in [3.8, 4) is 17.1 Å². The van der Waals surface area contributed by atoms with Gasteiger partial charge in [0.25, 0.3) is 0 Å². The monoisotopic (exact) mass is 377 g/mol. The van der Waals surface area contributed by atoms with Crippen LogP contribution in [0.2, 0.25) is 0 Å². The van der Waals surface area contributed by atoms with Crippen molar-refractivity contribution in [1.82, 2.24) is 19.7 Å². The third kappa shape index (κ3) is 3.77. The molecule has 0 saturated heterocycles. The Labute approximate surface area is 149 Å². The molecule has 2 heterocycles. The van der Waals surface area contributed by atoms with Crippen molar-refractivity contribution in [3.63, 3.8) is 0 Å². The average Bonchev–Trinajstić information content (AvgIpc) is 3.04. The number of primary sulfonamides is 1. The van der Waals surface area contributed by atoms with E-state index in [-0.39, 0.29) is 17.2 Å². The van der Waals surface area contributed by atoms with Gasteiger partial charge < -0.3 is 4.74 Å². The lowest BCUT2D eigenvalue weighted by atomic mass is 10.2. The predicted octanol–water partition coefficient (Wildman–Crippen LogP) is 1.65. The smallest absolute Gasteiger partial charge is 0.238 e. The summed E-state index contributed by atoms with van der Waals surface area (Å²) in [4.78, 5) is 8.09.